The standard InChI is InChI=1S/C10H11B2N/c11-6-7-4-8-2-1-3-13-10(8)9(12)5-7/h1-5H,6,11-12H2. The van der Waals surface area contributed by atoms with Gasteiger partial charge in [0.15, 0.2) is 0 Å². The van der Waals surface area contributed by atoms with Crippen LogP contribution < -0.4 is 5.46 Å². The average molecular weight is 167 g/mol. The third kappa shape index (κ3) is 1.46. The molecule has 0 atom stereocenters. The minimum Gasteiger partial charge on any atom is -0.257 e. The van der Waals surface area contributed by atoms with Crippen molar-refractivity contribution in [3.05, 3.63) is 36.0 Å². The summed E-state index contributed by atoms with van der Waals surface area (Å²) in [6.07, 6.45) is 2.94. The second-order valence-electron chi connectivity index (χ2n) is 3.34. The maximum Gasteiger partial charge on any atom is 0.142 e. The summed E-state index contributed by atoms with van der Waals surface area (Å²) in [6, 6.07) is 8.54. The SMILES string of the molecule is BCc1cc(B)c2ncccc2c1. The number of rotatable bonds is 1. The molecule has 2 aromatic rings. The summed E-state index contributed by atoms with van der Waals surface area (Å²) in [7, 11) is 4.30. The molecule has 0 fully saturated rings. The molecule has 0 saturated heterocycles. The Balaban J connectivity index is 2.77. The van der Waals surface area contributed by atoms with E-state index in [9.17, 15) is 0 Å². The third-order valence-electron chi connectivity index (χ3n) is 2.36. The van der Waals surface area contributed by atoms with E-state index in [-0.39, 0.29) is 0 Å². The second kappa shape index (κ2) is 3.25. The van der Waals surface area contributed by atoms with E-state index in [1.807, 2.05) is 12.3 Å². The van der Waals surface area contributed by atoms with Crippen LogP contribution in [0, 0.1) is 0 Å². The highest BCUT2D eigenvalue weighted by molar-refractivity contribution is 6.38. The number of hydrogen-bond donors (Lipinski definition) is 0. The molecule has 0 bridgehead atoms. The molecule has 62 valence electrons. The number of benzene rings is 1. The van der Waals surface area contributed by atoms with E-state index in [2.05, 4.69) is 38.9 Å². The summed E-state index contributed by atoms with van der Waals surface area (Å²) < 4.78 is 0. The zero-order valence-corrected chi connectivity index (χ0v) is 8.04. The molecule has 1 aromatic heterocycles. The van der Waals surface area contributed by atoms with Crippen molar-refractivity contribution >= 4 is 32.1 Å². The van der Waals surface area contributed by atoms with Crippen molar-refractivity contribution in [3.8, 4) is 0 Å². The van der Waals surface area contributed by atoms with Crippen LogP contribution in [0.3, 0.4) is 0 Å². The van der Waals surface area contributed by atoms with Gasteiger partial charge in [0.05, 0.1) is 5.52 Å². The van der Waals surface area contributed by atoms with Crippen molar-refractivity contribution in [2.24, 2.45) is 0 Å². The van der Waals surface area contributed by atoms with Crippen LogP contribution in [0.5, 0.6) is 0 Å². The van der Waals surface area contributed by atoms with Gasteiger partial charge < -0.3 is 0 Å². The first-order valence-corrected chi connectivity index (χ1v) is 4.65. The summed E-state index contributed by atoms with van der Waals surface area (Å²) in [6.45, 7) is 0. The molecule has 1 nitrogen and oxygen atoms in total. The predicted octanol–water partition coefficient (Wildman–Crippen LogP) is -0.374. The number of pyridine rings is 1. The zero-order valence-electron chi connectivity index (χ0n) is 8.04. The number of fused-ring (bicyclic) bond motifs is 1. The maximum atomic E-state index is 4.36. The second-order valence-corrected chi connectivity index (χ2v) is 3.34. The van der Waals surface area contributed by atoms with Gasteiger partial charge in [-0.3, -0.25) is 4.98 Å². The van der Waals surface area contributed by atoms with E-state index in [0.717, 1.165) is 11.8 Å². The fourth-order valence-electron chi connectivity index (χ4n) is 1.66. The van der Waals surface area contributed by atoms with Gasteiger partial charge in [0.2, 0.25) is 0 Å². The third-order valence-corrected chi connectivity index (χ3v) is 2.36. The van der Waals surface area contributed by atoms with Crippen LogP contribution in [0.1, 0.15) is 5.56 Å². The molecule has 0 radical (unpaired) electrons. The Morgan fingerprint density at radius 3 is 2.92 bits per heavy atom. The molecule has 1 heterocycles. The van der Waals surface area contributed by atoms with E-state index in [1.54, 1.807) is 0 Å². The first-order chi connectivity index (χ1) is 6.31. The van der Waals surface area contributed by atoms with E-state index < -0.39 is 0 Å². The molecule has 3 heteroatoms. The molecule has 0 aliphatic rings. The normalized spacial score (nSPS) is 10.5. The summed E-state index contributed by atoms with van der Waals surface area (Å²) >= 11 is 0. The van der Waals surface area contributed by atoms with E-state index in [0.29, 0.717) is 0 Å². The molecule has 2 rings (SSSR count). The topological polar surface area (TPSA) is 12.9 Å². The number of hydrogen-bond acceptors (Lipinski definition) is 1. The van der Waals surface area contributed by atoms with Crippen LogP contribution in [0.2, 0.25) is 0 Å². The van der Waals surface area contributed by atoms with Crippen LogP contribution in [0.25, 0.3) is 10.9 Å². The Morgan fingerprint density at radius 2 is 2.15 bits per heavy atom. The molecule has 13 heavy (non-hydrogen) atoms. The Kier molecular flexibility index (Phi) is 2.09. The lowest BCUT2D eigenvalue weighted by molar-refractivity contribution is 1.39. The Bertz CT molecular complexity index is 440. The smallest absolute Gasteiger partial charge is 0.142 e. The van der Waals surface area contributed by atoms with E-state index in [1.165, 1.54) is 16.4 Å². The van der Waals surface area contributed by atoms with E-state index in [4.69, 9.17) is 0 Å². The van der Waals surface area contributed by atoms with Gasteiger partial charge in [0.25, 0.3) is 0 Å². The quantitative estimate of drug-likeness (QED) is 0.527. The molecule has 0 saturated carbocycles. The first kappa shape index (κ1) is 8.36. The van der Waals surface area contributed by atoms with Crippen molar-refractivity contribution in [1.29, 1.82) is 0 Å². The number of aromatic nitrogens is 1. The molecule has 0 unspecified atom stereocenters. The van der Waals surface area contributed by atoms with Gasteiger partial charge in [-0.25, -0.2) is 0 Å². The summed E-state index contributed by atoms with van der Waals surface area (Å²) in [4.78, 5) is 4.36. The van der Waals surface area contributed by atoms with Crippen LogP contribution in [-0.2, 0) is 6.32 Å². The van der Waals surface area contributed by atoms with Gasteiger partial charge in [0, 0.05) is 6.20 Å². The highest BCUT2D eigenvalue weighted by Gasteiger charge is 1.99. The molecule has 0 N–H and O–H groups in total. The predicted molar refractivity (Wildman–Crippen MR) is 62.2 cm³/mol. The summed E-state index contributed by atoms with van der Waals surface area (Å²) in [5.41, 5.74) is 3.78. The van der Waals surface area contributed by atoms with Crippen LogP contribution in [0.4, 0.5) is 0 Å². The van der Waals surface area contributed by atoms with Gasteiger partial charge in [0.1, 0.15) is 15.7 Å². The Morgan fingerprint density at radius 1 is 1.31 bits per heavy atom. The van der Waals surface area contributed by atoms with Gasteiger partial charge in [-0.15, -0.1) is 0 Å². The van der Waals surface area contributed by atoms with Gasteiger partial charge >= 0.3 is 0 Å². The van der Waals surface area contributed by atoms with Crippen LogP contribution in [-0.4, -0.2) is 20.7 Å². The Labute approximate surface area is 80.0 Å². The zero-order chi connectivity index (χ0) is 9.26. The lowest BCUT2D eigenvalue weighted by Crippen LogP contribution is -2.07. The lowest BCUT2D eigenvalue weighted by atomic mass is 9.87. The molecular weight excluding hydrogens is 156 g/mol. The number of nitrogens with zero attached hydrogens (tertiary/aromatic N) is 1. The Hall–Kier alpha value is -1.24. The maximum absolute atomic E-state index is 4.36. The van der Waals surface area contributed by atoms with Crippen LogP contribution in [0.15, 0.2) is 30.5 Å². The first-order valence-electron chi connectivity index (χ1n) is 4.65. The summed E-state index contributed by atoms with van der Waals surface area (Å²) in [5, 5.41) is 1.25. The fourth-order valence-corrected chi connectivity index (χ4v) is 1.66. The molecule has 0 aliphatic carbocycles. The van der Waals surface area contributed by atoms with Crippen molar-refractivity contribution in [3.63, 3.8) is 0 Å². The lowest BCUT2D eigenvalue weighted by Gasteiger charge is -2.04. The van der Waals surface area contributed by atoms with Crippen molar-refractivity contribution in [2.75, 3.05) is 0 Å². The fraction of sp³-hybridized carbons (Fsp3) is 0.100. The van der Waals surface area contributed by atoms with E-state index >= 15 is 0 Å². The molecular formula is C10H11B2N. The monoisotopic (exact) mass is 167 g/mol. The molecule has 0 amide bonds. The molecule has 1 aromatic carbocycles. The van der Waals surface area contributed by atoms with Crippen molar-refractivity contribution < 1.29 is 0 Å². The van der Waals surface area contributed by atoms with Crippen molar-refractivity contribution in [2.45, 2.75) is 6.32 Å². The van der Waals surface area contributed by atoms with Gasteiger partial charge in [-0.2, -0.15) is 0 Å². The van der Waals surface area contributed by atoms with Crippen LogP contribution >= 0.6 is 0 Å². The minimum absolute atomic E-state index is 1.09. The summed E-state index contributed by atoms with van der Waals surface area (Å²) in [5.74, 6) is 0. The highest BCUT2D eigenvalue weighted by Crippen LogP contribution is 2.10. The largest absolute Gasteiger partial charge is 0.257 e. The highest BCUT2D eigenvalue weighted by atomic mass is 14.6. The average Bonchev–Trinajstić information content (AvgIpc) is 2.18. The molecule has 0 spiro atoms. The van der Waals surface area contributed by atoms with Gasteiger partial charge in [-0.05, 0) is 11.5 Å². The van der Waals surface area contributed by atoms with Gasteiger partial charge in [-0.1, -0.05) is 35.5 Å². The molecule has 0 aliphatic heterocycles. The minimum atomic E-state index is 1.09. The van der Waals surface area contributed by atoms with Crippen molar-refractivity contribution in [1.82, 2.24) is 4.98 Å².